The molecule has 15 atom stereocenters. The maximum absolute atomic E-state index is 13.9. The van der Waals surface area contributed by atoms with Gasteiger partial charge in [0.25, 0.3) is 0 Å². The van der Waals surface area contributed by atoms with Gasteiger partial charge in [-0.2, -0.15) is 0 Å². The van der Waals surface area contributed by atoms with Crippen LogP contribution in [0.3, 0.4) is 0 Å². The molecule has 0 unspecified atom stereocenters. The normalized spacial score (nSPS) is 28.0. The first-order valence-corrected chi connectivity index (χ1v) is 46.4. The van der Waals surface area contributed by atoms with E-state index in [1.807, 2.05) is 30.4 Å². The molecule has 660 valence electrons. The predicted molar refractivity (Wildman–Crippen MR) is 445 cm³/mol. The molecule has 8 aliphatic rings. The van der Waals surface area contributed by atoms with E-state index in [9.17, 15) is 77.0 Å². The number of hydrogen-bond donors (Lipinski definition) is 7. The molecule has 118 heavy (non-hydrogen) atoms. The molecule has 3 saturated carbocycles. The number of nitrogens with zero attached hydrogens (tertiary/aromatic N) is 3. The molecule has 0 spiro atoms. The predicted octanol–water partition coefficient (Wildman–Crippen LogP) is 5.50. The van der Waals surface area contributed by atoms with E-state index in [0.29, 0.717) is 51.4 Å². The number of carboxylic acids is 1. The zero-order valence-corrected chi connectivity index (χ0v) is 75.4. The van der Waals surface area contributed by atoms with Gasteiger partial charge in [-0.05, 0) is 153 Å². The van der Waals surface area contributed by atoms with Crippen molar-refractivity contribution in [1.82, 2.24) is 46.6 Å². The molecular weight excluding hydrogens is 1760 g/mol. The van der Waals surface area contributed by atoms with Crippen LogP contribution in [0.15, 0.2) is 49.6 Å². The number of likely N-dealkylation sites (tertiary alicyclic amines) is 1. The molecular formula is C81H126I2LiN9O25. The van der Waals surface area contributed by atoms with Crippen LogP contribution in [0, 0.1) is 17.8 Å². The molecule has 9 N–H and O–H groups in total. The fraction of sp³-hybridized carbons (Fsp3) is 0.716. The molecule has 0 aromatic heterocycles. The Labute approximate surface area is 729 Å². The molecule has 6 fully saturated rings. The van der Waals surface area contributed by atoms with E-state index < -0.39 is 178 Å². The van der Waals surface area contributed by atoms with Gasteiger partial charge in [-0.25, -0.2) is 28.8 Å². The molecule has 3 aliphatic carbocycles. The third-order valence-corrected chi connectivity index (χ3v) is 20.4. The Morgan fingerprint density at radius 3 is 1.46 bits per heavy atom. The van der Waals surface area contributed by atoms with Gasteiger partial charge in [0.15, 0.2) is 0 Å². The number of carboxylic acid groups (broad SMARTS) is 1. The molecule has 0 aromatic rings. The minimum absolute atomic E-state index is 0. The molecule has 3 saturated heterocycles. The van der Waals surface area contributed by atoms with Crippen molar-refractivity contribution < 1.29 is 141 Å². The number of halogens is 2. The van der Waals surface area contributed by atoms with E-state index in [4.69, 9.17) is 37.9 Å². The van der Waals surface area contributed by atoms with E-state index in [-0.39, 0.29) is 102 Å². The number of alkyl carbamates (subject to hydrolysis) is 3. The molecule has 0 aromatic carbocycles. The number of amides is 9. The number of nitrogens with one attached hydrogen (secondary N) is 6. The first-order chi connectivity index (χ1) is 54.5. The summed E-state index contributed by atoms with van der Waals surface area (Å²) in [6.45, 7) is 30.3. The molecule has 5 heterocycles. The molecule has 5 aliphatic heterocycles. The second-order valence-corrected chi connectivity index (χ2v) is 33.4. The number of hydrogen-bond acceptors (Lipinski definition) is 23. The van der Waals surface area contributed by atoms with Crippen LogP contribution in [0.1, 0.15) is 233 Å². The van der Waals surface area contributed by atoms with Gasteiger partial charge in [0.1, 0.15) is 88.0 Å². The number of ether oxygens (including phenoxy) is 8. The smallest absolute Gasteiger partial charge is 1.00 e. The van der Waals surface area contributed by atoms with Gasteiger partial charge < -0.3 is 96.5 Å². The number of carbonyl (C=O) groups excluding carboxylic acids is 14. The number of aliphatic carboxylic acids is 1. The summed E-state index contributed by atoms with van der Waals surface area (Å²) in [4.78, 5) is 196. The quantitative estimate of drug-likeness (QED) is 0.0186. The van der Waals surface area contributed by atoms with Crippen LogP contribution in [-0.2, 0) is 95.4 Å². The van der Waals surface area contributed by atoms with Crippen molar-refractivity contribution in [2.45, 2.75) is 320 Å². The monoisotopic (exact) mass is 1890 g/mol. The maximum atomic E-state index is 13.9. The summed E-state index contributed by atoms with van der Waals surface area (Å²) in [5.74, 6) is -7.83. The van der Waals surface area contributed by atoms with E-state index in [0.717, 1.165) is 57.8 Å². The topological polar surface area (TPSA) is 464 Å². The third-order valence-electron chi connectivity index (χ3n) is 20.4. The maximum Gasteiger partial charge on any atom is 1.00 e. The average molecular weight is 1890 g/mol. The number of fused-ring (bicyclic) bond motifs is 4. The number of rotatable bonds is 21. The van der Waals surface area contributed by atoms with Crippen LogP contribution in [0.2, 0.25) is 0 Å². The van der Waals surface area contributed by atoms with Crippen molar-refractivity contribution in [3.8, 4) is 0 Å². The van der Waals surface area contributed by atoms with Crippen LogP contribution in [0.4, 0.5) is 14.4 Å². The number of esters is 5. The second kappa shape index (κ2) is 47.6. The largest absolute Gasteiger partial charge is 1.00 e. The summed E-state index contributed by atoms with van der Waals surface area (Å²) in [5, 5.41) is 26.1. The first-order valence-electron chi connectivity index (χ1n) is 40.1. The van der Waals surface area contributed by atoms with Gasteiger partial charge in [-0.3, -0.25) is 43.2 Å². The summed E-state index contributed by atoms with van der Waals surface area (Å²) in [6.07, 6.45) is 18.4. The Morgan fingerprint density at radius 2 is 1.03 bits per heavy atom. The fourth-order valence-corrected chi connectivity index (χ4v) is 14.8. The van der Waals surface area contributed by atoms with Gasteiger partial charge in [0.05, 0.1) is 32.8 Å². The van der Waals surface area contributed by atoms with Gasteiger partial charge in [-0.15, -0.1) is 13.2 Å². The molecule has 9 amide bonds. The zero-order chi connectivity index (χ0) is 86.8. The van der Waals surface area contributed by atoms with Crippen molar-refractivity contribution in [2.24, 2.45) is 17.8 Å². The van der Waals surface area contributed by atoms with Crippen LogP contribution in [-0.4, -0.2) is 236 Å². The van der Waals surface area contributed by atoms with Gasteiger partial charge in [0.2, 0.25) is 35.4 Å². The van der Waals surface area contributed by atoms with Crippen LogP contribution >= 0.6 is 37.2 Å². The molecule has 34 nitrogen and oxygen atoms in total. The van der Waals surface area contributed by atoms with Crippen LogP contribution < -0.4 is 50.8 Å². The number of unbranched alkanes of at least 4 members (excludes halogenated alkanes) is 3. The summed E-state index contributed by atoms with van der Waals surface area (Å²) in [5.41, 5.74) is -6.14. The van der Waals surface area contributed by atoms with Crippen molar-refractivity contribution >= 4 is 127 Å². The second-order valence-electron chi connectivity index (χ2n) is 33.4. The first kappa shape index (κ1) is 105. The summed E-state index contributed by atoms with van der Waals surface area (Å²) < 4.78 is 42.5. The van der Waals surface area contributed by atoms with Crippen molar-refractivity contribution in [2.75, 3.05) is 32.8 Å². The van der Waals surface area contributed by atoms with E-state index >= 15 is 0 Å². The molecule has 37 heteroatoms. The summed E-state index contributed by atoms with van der Waals surface area (Å²) in [6, 6.07) is -5.91. The minimum atomic E-state index is -1.42. The van der Waals surface area contributed by atoms with Gasteiger partial charge >= 0.3 is 73.0 Å². The van der Waals surface area contributed by atoms with E-state index in [1.165, 1.54) is 35.5 Å². The van der Waals surface area contributed by atoms with Crippen LogP contribution in [0.5, 0.6) is 0 Å². The number of carbonyl (C=O) groups is 15. The van der Waals surface area contributed by atoms with Crippen LogP contribution in [0.25, 0.3) is 0 Å². The van der Waals surface area contributed by atoms with Crippen molar-refractivity contribution in [3.63, 3.8) is 0 Å². The van der Waals surface area contributed by atoms with E-state index in [1.54, 1.807) is 82.2 Å². The fourth-order valence-electron chi connectivity index (χ4n) is 14.8. The zero-order valence-electron chi connectivity index (χ0n) is 72.1. The van der Waals surface area contributed by atoms with E-state index in [2.05, 4.69) is 82.3 Å². The summed E-state index contributed by atoms with van der Waals surface area (Å²) >= 11 is 4.24. The minimum Gasteiger partial charge on any atom is -1.00 e. The standard InChI is InChI=1S/C29H45N3O8.C27H41N3O8.C25H37N3O8.I2.Li.H2O.H/c1-8-11-12-13-14-15-22(30-27(37)40-28(5,6)7)25(35)32-18-21(39-19(4)33)16-23(32)24(34)31-29(17-20(29)9-2)26(36)38-10-3;1-6-36-24(34)27-15-18(27)12-10-8-7-9-11-13-20(28-25(35)38-26(3,4)5)23(33)30-16-19(37-17(2)31)14-21(30)22(32)29-27;1-15(29)35-17-12-19-20(30)27-25(22(32)33)13-16(25)10-8-6-5-7-9-11-18(21(31)28(19)14-17)26-23(34)36-24(2,3)4;1-2;;;/h8-9,20-23H,1-2,10-18H2,3-7H3,(H,30,37)(H,31,34);10,12,18-21H,6-9,11,13-16H2,1-5H3,(H,28,35)(H,29,32);8,10,16-19H,5-7,9,11-14H2,1-4H3,(H,26,34)(H,27,30)(H,32,33);;;1H2;/q;;;;+1;;-1/b;12-10-;10-8-;;;;/t20-,21-,22+,23+,29-;18-,19-,20+,21+,27-;16-,17-,18+,19+,25-;;;;/m111..../s1. The average Bonchev–Trinajstić information content (AvgIpc) is 1.59. The number of allylic oxidation sites excluding steroid dienone is 3. The Bertz CT molecular complexity index is 3610. The Kier molecular flexibility index (Phi) is 42.2. The molecule has 8 rings (SSSR count). The van der Waals surface area contributed by atoms with Gasteiger partial charge in [-0.1, -0.05) is 75.0 Å². The van der Waals surface area contributed by atoms with Crippen molar-refractivity contribution in [1.29, 1.82) is 0 Å². The Balaban J connectivity index is 0.000000592. The molecule has 0 bridgehead atoms. The third kappa shape index (κ3) is 31.8. The Morgan fingerprint density at radius 1 is 0.602 bits per heavy atom. The SMILES string of the molecule is C=CCCCCC[C@H](NC(=O)OC(C)(C)C)C(=O)N1C[C@H](OC(C)=O)C[C@H]1C(=O)N[C@]1(C(=O)OCC)C[C@H]1C=C.CC(=O)O[C@@H]1C[C@H]2C(=O)N[C@]3(C(=O)O)C[C@H]3/C=C\CCCCC[C@H](NC(=O)OC(C)(C)C)C(=O)N2C1.CCOC(=O)[C@@]12C[C@H]1/C=C\CCCCC[C@H](NC(=O)OC(C)(C)C)C(=O)N1C[C@H](OC(C)=O)C[C@H]1C(=O)N2.II.O.[H-].[Li+]. The van der Waals surface area contributed by atoms with Crippen molar-refractivity contribution in [3.05, 3.63) is 49.6 Å². The summed E-state index contributed by atoms with van der Waals surface area (Å²) in [7, 11) is 0. The van der Waals surface area contributed by atoms with Gasteiger partial charge in [0, 0.05) is 95.0 Å². The Hall–Kier alpha value is -7.57. The molecule has 0 radical (unpaired) electrons.